The molecule has 0 fully saturated rings. The molecule has 1 atom stereocenters. The topological polar surface area (TPSA) is 54.5 Å². The minimum Gasteiger partial charge on any atom is -0.473 e. The molecule has 5 heteroatoms. The van der Waals surface area contributed by atoms with E-state index in [9.17, 15) is 4.79 Å². The molecule has 0 aliphatic rings. The average molecular weight is 404 g/mol. The number of hydrogen-bond acceptors (Lipinski definition) is 4. The van der Waals surface area contributed by atoms with Gasteiger partial charge >= 0.3 is 0 Å². The van der Waals surface area contributed by atoms with Gasteiger partial charge in [-0.1, -0.05) is 74.5 Å². The normalized spacial score (nSPS) is 11.8. The Morgan fingerprint density at radius 3 is 2.30 bits per heavy atom. The van der Waals surface area contributed by atoms with Crippen molar-refractivity contribution in [2.24, 2.45) is 0 Å². The van der Waals surface area contributed by atoms with Gasteiger partial charge in [-0.2, -0.15) is 0 Å². The Morgan fingerprint density at radius 1 is 0.967 bits per heavy atom. The Kier molecular flexibility index (Phi) is 7.98. The first-order valence-electron chi connectivity index (χ1n) is 10.4. The third-order valence-corrected chi connectivity index (χ3v) is 5.04. The number of carbonyl (C=O) groups excluding carboxylic acids is 1. The van der Waals surface area contributed by atoms with Crippen LogP contribution in [0.3, 0.4) is 0 Å². The third kappa shape index (κ3) is 5.91. The van der Waals surface area contributed by atoms with Crippen molar-refractivity contribution in [2.75, 3.05) is 13.1 Å². The number of nitrogens with zero attached hydrogens (tertiary/aromatic N) is 2. The predicted octanol–water partition coefficient (Wildman–Crippen LogP) is 4.36. The molecule has 1 unspecified atom stereocenters. The van der Waals surface area contributed by atoms with E-state index < -0.39 is 0 Å². The van der Waals surface area contributed by atoms with Crippen LogP contribution in [-0.2, 0) is 17.9 Å². The van der Waals surface area contributed by atoms with E-state index in [1.54, 1.807) is 6.20 Å². The number of nitrogens with one attached hydrogen (secondary N) is 1. The molecule has 3 aromatic rings. The van der Waals surface area contributed by atoms with Crippen molar-refractivity contribution in [3.63, 3.8) is 0 Å². The van der Waals surface area contributed by atoms with Crippen molar-refractivity contribution < 1.29 is 9.53 Å². The van der Waals surface area contributed by atoms with Crippen LogP contribution in [0.25, 0.3) is 0 Å². The van der Waals surface area contributed by atoms with Crippen molar-refractivity contribution in [3.05, 3.63) is 95.7 Å². The Morgan fingerprint density at radius 2 is 1.63 bits per heavy atom. The second kappa shape index (κ2) is 11.1. The lowest BCUT2D eigenvalue weighted by atomic mass is 10.0. The highest BCUT2D eigenvalue weighted by molar-refractivity contribution is 5.83. The Bertz CT molecular complexity index is 912. The summed E-state index contributed by atoms with van der Waals surface area (Å²) in [5.41, 5.74) is 3.04. The molecule has 1 heterocycles. The Labute approximate surface area is 178 Å². The molecule has 0 aliphatic carbocycles. The van der Waals surface area contributed by atoms with Gasteiger partial charge in [0.05, 0.1) is 0 Å². The van der Waals surface area contributed by atoms with Gasteiger partial charge < -0.3 is 10.1 Å². The van der Waals surface area contributed by atoms with Gasteiger partial charge in [0.15, 0.2) is 0 Å². The van der Waals surface area contributed by atoms with Crippen LogP contribution in [0.4, 0.5) is 0 Å². The number of rotatable bonds is 10. The van der Waals surface area contributed by atoms with Crippen molar-refractivity contribution in [1.82, 2.24) is 15.2 Å². The first-order chi connectivity index (χ1) is 14.7. The summed E-state index contributed by atoms with van der Waals surface area (Å²) >= 11 is 0. The highest BCUT2D eigenvalue weighted by Gasteiger charge is 2.25. The average Bonchev–Trinajstić information content (AvgIpc) is 2.81. The first kappa shape index (κ1) is 21.5. The quantitative estimate of drug-likeness (QED) is 0.546. The molecular formula is C25H29N3O2. The summed E-state index contributed by atoms with van der Waals surface area (Å²) in [6, 6.07) is 23.3. The van der Waals surface area contributed by atoms with E-state index in [-0.39, 0.29) is 11.9 Å². The van der Waals surface area contributed by atoms with Crippen LogP contribution in [0.1, 0.15) is 36.6 Å². The standard InChI is InChI=1S/C25H29N3O2/c1-3-28(4-2)24(22-13-9-6-10-14-22)25(29)27-18-21-15-16-26-23(17-21)30-19-20-11-7-5-8-12-20/h5-17,24H,3-4,18-19H2,1-2H3,(H,27,29). The van der Waals surface area contributed by atoms with Gasteiger partial charge in [-0.15, -0.1) is 0 Å². The van der Waals surface area contributed by atoms with Gasteiger partial charge in [0, 0.05) is 18.8 Å². The van der Waals surface area contributed by atoms with E-state index in [0.29, 0.717) is 19.0 Å². The molecule has 30 heavy (non-hydrogen) atoms. The van der Waals surface area contributed by atoms with E-state index in [0.717, 1.165) is 29.8 Å². The summed E-state index contributed by atoms with van der Waals surface area (Å²) in [5.74, 6) is 0.544. The SMILES string of the molecule is CCN(CC)C(C(=O)NCc1ccnc(OCc2ccccc2)c1)c1ccccc1. The maximum Gasteiger partial charge on any atom is 0.242 e. The number of likely N-dealkylation sites (N-methyl/N-ethyl adjacent to an activating group) is 1. The molecular weight excluding hydrogens is 374 g/mol. The molecule has 0 radical (unpaired) electrons. The maximum atomic E-state index is 13.1. The summed E-state index contributed by atoms with van der Waals surface area (Å²) in [6.07, 6.45) is 1.71. The molecule has 0 spiro atoms. The number of aromatic nitrogens is 1. The smallest absolute Gasteiger partial charge is 0.242 e. The highest BCUT2D eigenvalue weighted by atomic mass is 16.5. The number of benzene rings is 2. The van der Waals surface area contributed by atoms with Crippen LogP contribution in [0, 0.1) is 0 Å². The molecule has 0 aliphatic heterocycles. The zero-order valence-electron chi connectivity index (χ0n) is 17.6. The minimum atomic E-state index is -0.308. The van der Waals surface area contributed by atoms with Crippen LogP contribution >= 0.6 is 0 Å². The van der Waals surface area contributed by atoms with Gasteiger partial charge in [-0.05, 0) is 35.8 Å². The second-order valence-corrected chi connectivity index (χ2v) is 7.03. The molecule has 3 rings (SSSR count). The van der Waals surface area contributed by atoms with Gasteiger partial charge in [-0.3, -0.25) is 9.69 Å². The zero-order chi connectivity index (χ0) is 21.2. The molecule has 1 N–H and O–H groups in total. The number of pyridine rings is 1. The van der Waals surface area contributed by atoms with E-state index >= 15 is 0 Å². The van der Waals surface area contributed by atoms with Crippen LogP contribution in [0.2, 0.25) is 0 Å². The van der Waals surface area contributed by atoms with Crippen molar-refractivity contribution in [3.8, 4) is 5.88 Å². The molecule has 156 valence electrons. The van der Waals surface area contributed by atoms with Gasteiger partial charge in [0.25, 0.3) is 0 Å². The number of carbonyl (C=O) groups is 1. The monoisotopic (exact) mass is 403 g/mol. The lowest BCUT2D eigenvalue weighted by Gasteiger charge is -2.29. The molecule has 0 bridgehead atoms. The van der Waals surface area contributed by atoms with E-state index in [2.05, 4.69) is 29.0 Å². The van der Waals surface area contributed by atoms with Crippen molar-refractivity contribution >= 4 is 5.91 Å². The fourth-order valence-electron chi connectivity index (χ4n) is 3.41. The summed E-state index contributed by atoms with van der Waals surface area (Å²) in [6.45, 7) is 6.64. The Hall–Kier alpha value is -3.18. The van der Waals surface area contributed by atoms with Gasteiger partial charge in [0.2, 0.25) is 11.8 Å². The molecule has 5 nitrogen and oxygen atoms in total. The molecule has 2 aromatic carbocycles. The first-order valence-corrected chi connectivity index (χ1v) is 10.4. The van der Waals surface area contributed by atoms with E-state index in [1.165, 1.54) is 0 Å². The fourth-order valence-corrected chi connectivity index (χ4v) is 3.41. The van der Waals surface area contributed by atoms with E-state index in [1.807, 2.05) is 72.8 Å². The lowest BCUT2D eigenvalue weighted by molar-refractivity contribution is -0.126. The minimum absolute atomic E-state index is 0.00605. The van der Waals surface area contributed by atoms with Gasteiger partial charge in [-0.25, -0.2) is 4.98 Å². The molecule has 1 aromatic heterocycles. The Balaban J connectivity index is 1.63. The summed E-state index contributed by atoms with van der Waals surface area (Å²) in [5, 5.41) is 3.08. The number of hydrogen-bond donors (Lipinski definition) is 1. The zero-order valence-corrected chi connectivity index (χ0v) is 17.6. The maximum absolute atomic E-state index is 13.1. The molecule has 0 saturated heterocycles. The molecule has 0 saturated carbocycles. The van der Waals surface area contributed by atoms with Crippen LogP contribution in [0.5, 0.6) is 5.88 Å². The van der Waals surface area contributed by atoms with Crippen LogP contribution in [0.15, 0.2) is 79.0 Å². The van der Waals surface area contributed by atoms with Gasteiger partial charge in [0.1, 0.15) is 12.6 Å². The largest absolute Gasteiger partial charge is 0.473 e. The van der Waals surface area contributed by atoms with E-state index in [4.69, 9.17) is 4.74 Å². The second-order valence-electron chi connectivity index (χ2n) is 7.03. The lowest BCUT2D eigenvalue weighted by Crippen LogP contribution is -2.40. The summed E-state index contributed by atoms with van der Waals surface area (Å²) < 4.78 is 5.80. The third-order valence-electron chi connectivity index (χ3n) is 5.04. The van der Waals surface area contributed by atoms with Crippen molar-refractivity contribution in [1.29, 1.82) is 0 Å². The summed E-state index contributed by atoms with van der Waals surface area (Å²) in [4.78, 5) is 19.5. The molecule has 1 amide bonds. The number of amides is 1. The van der Waals surface area contributed by atoms with Crippen molar-refractivity contribution in [2.45, 2.75) is 33.0 Å². The number of ether oxygens (including phenoxy) is 1. The van der Waals surface area contributed by atoms with Crippen LogP contribution < -0.4 is 10.1 Å². The van der Waals surface area contributed by atoms with Crippen LogP contribution in [-0.4, -0.2) is 28.9 Å². The summed E-state index contributed by atoms with van der Waals surface area (Å²) in [7, 11) is 0. The fraction of sp³-hybridized carbons (Fsp3) is 0.280. The predicted molar refractivity (Wildman–Crippen MR) is 119 cm³/mol. The highest BCUT2D eigenvalue weighted by Crippen LogP contribution is 2.21.